The molecule has 28 heavy (non-hydrogen) atoms. The monoisotopic (exact) mass is 382 g/mol. The molecular formula is C22H30N4O2. The number of anilines is 1. The first-order valence-corrected chi connectivity index (χ1v) is 10.3. The van der Waals surface area contributed by atoms with E-state index in [1.165, 1.54) is 16.6 Å². The maximum Gasteiger partial charge on any atom is 0.234 e. The molecule has 1 aromatic carbocycles. The van der Waals surface area contributed by atoms with Gasteiger partial charge in [-0.15, -0.1) is 0 Å². The van der Waals surface area contributed by atoms with Crippen LogP contribution in [0, 0.1) is 12.8 Å². The molecule has 0 bridgehead atoms. The second-order valence-corrected chi connectivity index (χ2v) is 8.20. The minimum Gasteiger partial charge on any atom is -0.379 e. The topological polar surface area (TPSA) is 57.7 Å². The van der Waals surface area contributed by atoms with Crippen LogP contribution in [0.5, 0.6) is 0 Å². The van der Waals surface area contributed by atoms with Gasteiger partial charge in [0, 0.05) is 49.5 Å². The van der Waals surface area contributed by atoms with Crippen LogP contribution in [0.15, 0.2) is 30.5 Å². The third kappa shape index (κ3) is 4.28. The van der Waals surface area contributed by atoms with Crippen molar-refractivity contribution in [2.75, 3.05) is 50.8 Å². The lowest BCUT2D eigenvalue weighted by atomic mass is 9.94. The lowest BCUT2D eigenvalue weighted by molar-refractivity contribution is -0.124. The Morgan fingerprint density at radius 3 is 2.89 bits per heavy atom. The molecule has 3 heterocycles. The fraction of sp³-hybridized carbons (Fsp3) is 0.545. The predicted octanol–water partition coefficient (Wildman–Crippen LogP) is 2.21. The number of pyridine rings is 1. The van der Waals surface area contributed by atoms with Crippen LogP contribution >= 0.6 is 0 Å². The Morgan fingerprint density at radius 1 is 1.25 bits per heavy atom. The number of carbonyl (C=O) groups excluding carboxylic acids is 1. The van der Waals surface area contributed by atoms with E-state index in [9.17, 15) is 4.79 Å². The summed E-state index contributed by atoms with van der Waals surface area (Å²) in [5.74, 6) is 0.645. The molecule has 0 unspecified atom stereocenters. The Kier molecular flexibility index (Phi) is 5.78. The molecule has 0 spiro atoms. The number of aryl methyl sites for hydroxylation is 1. The number of nitrogens with zero attached hydrogens (tertiary/aromatic N) is 3. The zero-order chi connectivity index (χ0) is 19.5. The number of hydrogen-bond acceptors (Lipinski definition) is 5. The summed E-state index contributed by atoms with van der Waals surface area (Å²) in [6.07, 6.45) is 2.87. The maximum absolute atomic E-state index is 12.6. The van der Waals surface area contributed by atoms with Crippen molar-refractivity contribution >= 4 is 22.5 Å². The maximum atomic E-state index is 12.6. The highest BCUT2D eigenvalue weighted by molar-refractivity contribution is 5.93. The molecule has 2 aliphatic heterocycles. The van der Waals surface area contributed by atoms with Gasteiger partial charge in [-0.25, -0.2) is 0 Å². The highest BCUT2D eigenvalue weighted by atomic mass is 16.5. The van der Waals surface area contributed by atoms with E-state index in [4.69, 9.17) is 4.74 Å². The number of nitrogens with one attached hydrogen (secondary N) is 1. The van der Waals surface area contributed by atoms with E-state index in [2.05, 4.69) is 52.1 Å². The molecule has 2 fully saturated rings. The number of morpholine rings is 1. The number of piperidine rings is 1. The molecule has 150 valence electrons. The molecule has 6 nitrogen and oxygen atoms in total. The lowest BCUT2D eigenvalue weighted by Crippen LogP contribution is -2.53. The summed E-state index contributed by atoms with van der Waals surface area (Å²) in [7, 11) is 0. The smallest absolute Gasteiger partial charge is 0.234 e. The van der Waals surface area contributed by atoms with Crippen LogP contribution in [0.2, 0.25) is 0 Å². The van der Waals surface area contributed by atoms with Gasteiger partial charge in [-0.1, -0.05) is 13.0 Å². The van der Waals surface area contributed by atoms with E-state index in [-0.39, 0.29) is 11.9 Å². The molecule has 2 aromatic rings. The van der Waals surface area contributed by atoms with Crippen molar-refractivity contribution in [3.8, 4) is 0 Å². The minimum atomic E-state index is 0.122. The van der Waals surface area contributed by atoms with Gasteiger partial charge in [-0.05, 0) is 43.0 Å². The van der Waals surface area contributed by atoms with Crippen molar-refractivity contribution in [2.24, 2.45) is 5.92 Å². The fourth-order valence-electron chi connectivity index (χ4n) is 4.46. The molecule has 0 saturated carbocycles. The van der Waals surface area contributed by atoms with Crippen LogP contribution < -0.4 is 10.2 Å². The number of ether oxygens (including phenoxy) is 1. The molecular weight excluding hydrogens is 352 g/mol. The Hall–Kier alpha value is -2.18. The van der Waals surface area contributed by atoms with E-state index < -0.39 is 0 Å². The van der Waals surface area contributed by atoms with Crippen molar-refractivity contribution < 1.29 is 9.53 Å². The predicted molar refractivity (Wildman–Crippen MR) is 112 cm³/mol. The average Bonchev–Trinajstić information content (AvgIpc) is 2.68. The third-order valence-corrected chi connectivity index (χ3v) is 5.78. The Bertz CT molecular complexity index is 834. The Balaban J connectivity index is 1.46. The SMILES string of the molecule is Cc1ccc(N2C[C@@H](C)C[C@@H](NC(=O)CN3CCOCC3)C2)c2cccnc12. The van der Waals surface area contributed by atoms with Crippen LogP contribution in [0.1, 0.15) is 18.9 Å². The van der Waals surface area contributed by atoms with Crippen LogP contribution in [0.3, 0.4) is 0 Å². The van der Waals surface area contributed by atoms with Gasteiger partial charge in [0.25, 0.3) is 0 Å². The highest BCUT2D eigenvalue weighted by Crippen LogP contribution is 2.31. The minimum absolute atomic E-state index is 0.122. The summed E-state index contributed by atoms with van der Waals surface area (Å²) in [6.45, 7) is 9.79. The van der Waals surface area contributed by atoms with Gasteiger partial charge in [-0.2, -0.15) is 0 Å². The molecule has 6 heteroatoms. The summed E-state index contributed by atoms with van der Waals surface area (Å²) in [5.41, 5.74) is 3.47. The van der Waals surface area contributed by atoms with E-state index >= 15 is 0 Å². The molecule has 4 rings (SSSR count). The van der Waals surface area contributed by atoms with Gasteiger partial charge in [0.05, 0.1) is 25.3 Å². The number of fused-ring (bicyclic) bond motifs is 1. The van der Waals surface area contributed by atoms with Crippen LogP contribution in [-0.4, -0.2) is 67.8 Å². The molecule has 2 saturated heterocycles. The molecule has 0 aliphatic carbocycles. The van der Waals surface area contributed by atoms with Gasteiger partial charge < -0.3 is 15.0 Å². The van der Waals surface area contributed by atoms with Gasteiger partial charge >= 0.3 is 0 Å². The first-order valence-electron chi connectivity index (χ1n) is 10.3. The van der Waals surface area contributed by atoms with Crippen molar-refractivity contribution in [3.63, 3.8) is 0 Å². The van der Waals surface area contributed by atoms with Crippen LogP contribution in [-0.2, 0) is 9.53 Å². The second-order valence-electron chi connectivity index (χ2n) is 8.20. The van der Waals surface area contributed by atoms with Crippen molar-refractivity contribution in [1.29, 1.82) is 0 Å². The van der Waals surface area contributed by atoms with Crippen LogP contribution in [0.4, 0.5) is 5.69 Å². The molecule has 0 radical (unpaired) electrons. The summed E-state index contributed by atoms with van der Waals surface area (Å²) < 4.78 is 5.37. The molecule has 1 amide bonds. The summed E-state index contributed by atoms with van der Waals surface area (Å²) in [4.78, 5) is 21.7. The van der Waals surface area contributed by atoms with E-state index in [1.54, 1.807) is 0 Å². The van der Waals surface area contributed by atoms with Crippen molar-refractivity contribution in [3.05, 3.63) is 36.0 Å². The number of rotatable bonds is 4. The normalized spacial score (nSPS) is 23.7. The highest BCUT2D eigenvalue weighted by Gasteiger charge is 2.27. The number of hydrogen-bond donors (Lipinski definition) is 1. The zero-order valence-electron chi connectivity index (χ0n) is 16.9. The van der Waals surface area contributed by atoms with Crippen molar-refractivity contribution in [1.82, 2.24) is 15.2 Å². The van der Waals surface area contributed by atoms with Gasteiger partial charge in [0.2, 0.25) is 5.91 Å². The second kappa shape index (κ2) is 8.45. The first-order chi connectivity index (χ1) is 13.6. The molecule has 1 N–H and O–H groups in total. The van der Waals surface area contributed by atoms with Gasteiger partial charge in [0.15, 0.2) is 0 Å². The molecule has 1 aromatic heterocycles. The summed E-state index contributed by atoms with van der Waals surface area (Å²) in [6, 6.07) is 8.67. The quantitative estimate of drug-likeness (QED) is 0.879. The Morgan fingerprint density at radius 2 is 2.07 bits per heavy atom. The van der Waals surface area contributed by atoms with Gasteiger partial charge in [0.1, 0.15) is 0 Å². The summed E-state index contributed by atoms with van der Waals surface area (Å²) in [5, 5.41) is 4.47. The number of amides is 1. The molecule has 2 aliphatic rings. The number of aromatic nitrogens is 1. The Labute approximate surface area is 166 Å². The number of carbonyl (C=O) groups is 1. The third-order valence-electron chi connectivity index (χ3n) is 5.78. The molecule has 2 atom stereocenters. The lowest BCUT2D eigenvalue weighted by Gasteiger charge is -2.39. The van der Waals surface area contributed by atoms with Crippen LogP contribution in [0.25, 0.3) is 10.9 Å². The first kappa shape index (κ1) is 19.2. The van der Waals surface area contributed by atoms with E-state index in [1.807, 2.05) is 12.3 Å². The number of benzene rings is 1. The summed E-state index contributed by atoms with van der Waals surface area (Å²) >= 11 is 0. The zero-order valence-corrected chi connectivity index (χ0v) is 16.9. The fourth-order valence-corrected chi connectivity index (χ4v) is 4.46. The van der Waals surface area contributed by atoms with E-state index in [0.717, 1.165) is 51.3 Å². The van der Waals surface area contributed by atoms with Gasteiger partial charge in [-0.3, -0.25) is 14.7 Å². The standard InChI is InChI=1S/C22H30N4O2/c1-16-12-18(24-21(27)15-25-8-10-28-11-9-25)14-26(13-16)20-6-5-17(2)22-19(20)4-3-7-23-22/h3-7,16,18H,8-15H2,1-2H3,(H,24,27)/t16-,18+/m0/s1. The van der Waals surface area contributed by atoms with E-state index in [0.29, 0.717) is 12.5 Å². The largest absolute Gasteiger partial charge is 0.379 e. The average molecular weight is 383 g/mol. The van der Waals surface area contributed by atoms with Crippen molar-refractivity contribution in [2.45, 2.75) is 26.3 Å².